The zero-order chi connectivity index (χ0) is 10.1. The van der Waals surface area contributed by atoms with E-state index < -0.39 is 12.1 Å². The summed E-state index contributed by atoms with van der Waals surface area (Å²) in [6.07, 6.45) is -1.18. The monoisotopic (exact) mass is 216 g/mol. The molecule has 0 unspecified atom stereocenters. The first-order chi connectivity index (χ1) is 6.72. The van der Waals surface area contributed by atoms with Gasteiger partial charge in [0.15, 0.2) is 0 Å². The predicted octanol–water partition coefficient (Wildman–Crippen LogP) is -3.11. The Hall–Kier alpha value is -0.550. The maximum absolute atomic E-state index is 10.4. The van der Waals surface area contributed by atoms with E-state index in [0.717, 1.165) is 5.56 Å². The average Bonchev–Trinajstić information content (AvgIpc) is 2.97. The zero-order valence-electron chi connectivity index (χ0n) is 8.60. The Morgan fingerprint density at radius 2 is 2.27 bits per heavy atom. The van der Waals surface area contributed by atoms with Crippen molar-refractivity contribution < 1.29 is 48.9 Å². The summed E-state index contributed by atoms with van der Waals surface area (Å²) < 4.78 is 9.96. The molecule has 0 radical (unpaired) electrons. The summed E-state index contributed by atoms with van der Waals surface area (Å²) in [5.74, 6) is -0.479. The van der Waals surface area contributed by atoms with Crippen LogP contribution in [-0.2, 0) is 9.53 Å². The molecule has 2 atom stereocenters. The molecule has 0 spiro atoms. The van der Waals surface area contributed by atoms with E-state index in [1.54, 1.807) is 31.4 Å². The van der Waals surface area contributed by atoms with Crippen LogP contribution in [0.15, 0.2) is 24.3 Å². The van der Waals surface area contributed by atoms with Crippen LogP contribution in [0.1, 0.15) is 11.7 Å². The van der Waals surface area contributed by atoms with E-state index in [9.17, 15) is 9.90 Å². The summed E-state index contributed by atoms with van der Waals surface area (Å²) in [7, 11) is 1.56. The molecule has 1 aromatic carbocycles. The van der Waals surface area contributed by atoms with Gasteiger partial charge in [0.2, 0.25) is 0 Å². The molecule has 1 aliphatic rings. The number of methoxy groups -OCH3 is 1. The number of epoxide rings is 1. The van der Waals surface area contributed by atoms with Crippen molar-refractivity contribution in [2.45, 2.75) is 12.2 Å². The van der Waals surface area contributed by atoms with Crippen molar-refractivity contribution in [1.82, 2.24) is 0 Å². The van der Waals surface area contributed by atoms with Crippen LogP contribution < -0.4 is 39.4 Å². The molecule has 0 aromatic heterocycles. The molecule has 0 saturated carbocycles. The Morgan fingerprint density at radius 3 is 2.80 bits per heavy atom. The van der Waals surface area contributed by atoms with Crippen LogP contribution in [0.4, 0.5) is 0 Å². The van der Waals surface area contributed by atoms with Gasteiger partial charge >= 0.3 is 29.6 Å². The second kappa shape index (κ2) is 4.99. The number of carbonyl (C=O) groups excluding carboxylic acids is 1. The third kappa shape index (κ3) is 2.72. The standard InChI is InChI=1S/C10H10O4.Na/c1-13-7-4-2-3-6(5-7)8-9(14-8)10(11)12;/h2-5,8-9H,1H3,(H,11,12);/q;+1/p-1/t8-,9+;/m1./s1. The first-order valence-corrected chi connectivity index (χ1v) is 4.22. The Balaban J connectivity index is 0.00000112. The maximum Gasteiger partial charge on any atom is 1.00 e. The number of carbonyl (C=O) groups is 1. The second-order valence-electron chi connectivity index (χ2n) is 3.07. The SMILES string of the molecule is COc1cccc([C@H]2O[C@@H]2C(=O)[O-])c1.[Na+]. The van der Waals surface area contributed by atoms with Gasteiger partial charge in [-0.2, -0.15) is 0 Å². The van der Waals surface area contributed by atoms with Gasteiger partial charge in [-0.15, -0.1) is 0 Å². The quantitative estimate of drug-likeness (QED) is 0.396. The summed E-state index contributed by atoms with van der Waals surface area (Å²) in [4.78, 5) is 10.4. The number of carboxylic acids is 1. The first-order valence-electron chi connectivity index (χ1n) is 4.22. The van der Waals surface area contributed by atoms with Gasteiger partial charge in [-0.1, -0.05) is 12.1 Å². The Bertz CT molecular complexity index is 366. The minimum Gasteiger partial charge on any atom is -0.547 e. The largest absolute Gasteiger partial charge is 1.00 e. The third-order valence-electron chi connectivity index (χ3n) is 2.15. The summed E-state index contributed by atoms with van der Waals surface area (Å²) in [5.41, 5.74) is 0.804. The van der Waals surface area contributed by atoms with Crippen molar-refractivity contribution >= 4 is 5.97 Å². The van der Waals surface area contributed by atoms with E-state index in [0.29, 0.717) is 5.75 Å². The number of ether oxygens (including phenoxy) is 2. The van der Waals surface area contributed by atoms with Gasteiger partial charge in [-0.05, 0) is 17.7 Å². The van der Waals surface area contributed by atoms with Gasteiger partial charge in [0.1, 0.15) is 18.0 Å². The van der Waals surface area contributed by atoms with Crippen molar-refractivity contribution in [2.24, 2.45) is 0 Å². The molecule has 1 heterocycles. The smallest absolute Gasteiger partial charge is 0.547 e. The Kier molecular flexibility index (Phi) is 4.16. The summed E-state index contributed by atoms with van der Waals surface area (Å²) in [6, 6.07) is 7.14. The number of hydrogen-bond acceptors (Lipinski definition) is 4. The van der Waals surface area contributed by atoms with Crippen LogP contribution in [0.25, 0.3) is 0 Å². The molecule has 0 N–H and O–H groups in total. The first kappa shape index (κ1) is 12.5. The molecule has 0 amide bonds. The number of hydrogen-bond donors (Lipinski definition) is 0. The fraction of sp³-hybridized carbons (Fsp3) is 0.300. The molecule has 0 bridgehead atoms. The molecule has 4 nitrogen and oxygen atoms in total. The molecular weight excluding hydrogens is 207 g/mol. The Labute approximate surface area is 109 Å². The van der Waals surface area contributed by atoms with Crippen LogP contribution >= 0.6 is 0 Å². The van der Waals surface area contributed by atoms with Crippen molar-refractivity contribution in [3.05, 3.63) is 29.8 Å². The van der Waals surface area contributed by atoms with E-state index in [1.165, 1.54) is 0 Å². The van der Waals surface area contributed by atoms with E-state index in [2.05, 4.69) is 0 Å². The average molecular weight is 216 g/mol. The molecule has 0 aliphatic carbocycles. The van der Waals surface area contributed by atoms with Crippen LogP contribution in [0, 0.1) is 0 Å². The molecule has 1 saturated heterocycles. The minimum absolute atomic E-state index is 0. The van der Waals surface area contributed by atoms with Gasteiger partial charge in [-0.25, -0.2) is 0 Å². The second-order valence-corrected chi connectivity index (χ2v) is 3.07. The van der Waals surface area contributed by atoms with Gasteiger partial charge in [0, 0.05) is 0 Å². The van der Waals surface area contributed by atoms with Crippen LogP contribution in [-0.4, -0.2) is 19.2 Å². The fourth-order valence-corrected chi connectivity index (χ4v) is 1.36. The van der Waals surface area contributed by atoms with E-state index in [1.807, 2.05) is 0 Å². The number of rotatable bonds is 3. The summed E-state index contributed by atoms with van der Waals surface area (Å²) in [5, 5.41) is 10.4. The predicted molar refractivity (Wildman–Crippen MR) is 45.6 cm³/mol. The topological polar surface area (TPSA) is 61.9 Å². The summed E-state index contributed by atoms with van der Waals surface area (Å²) >= 11 is 0. The van der Waals surface area contributed by atoms with Crippen LogP contribution in [0.5, 0.6) is 5.75 Å². The fourth-order valence-electron chi connectivity index (χ4n) is 1.36. The van der Waals surface area contributed by atoms with Gasteiger partial charge in [0.05, 0.1) is 13.1 Å². The van der Waals surface area contributed by atoms with Crippen LogP contribution in [0.3, 0.4) is 0 Å². The molecular formula is C10H9NaO4. The molecule has 5 heteroatoms. The molecule has 74 valence electrons. The normalized spacial score (nSPS) is 22.7. The molecule has 1 aromatic rings. The molecule has 1 fully saturated rings. The van der Waals surface area contributed by atoms with Crippen molar-refractivity contribution in [3.63, 3.8) is 0 Å². The zero-order valence-corrected chi connectivity index (χ0v) is 10.6. The number of carboxylic acid groups (broad SMARTS) is 1. The third-order valence-corrected chi connectivity index (χ3v) is 2.15. The Morgan fingerprint density at radius 1 is 1.53 bits per heavy atom. The minimum atomic E-state index is -1.17. The van der Waals surface area contributed by atoms with E-state index in [4.69, 9.17) is 9.47 Å². The van der Waals surface area contributed by atoms with Gasteiger partial charge < -0.3 is 19.4 Å². The van der Waals surface area contributed by atoms with E-state index >= 15 is 0 Å². The summed E-state index contributed by atoms with van der Waals surface area (Å²) in [6.45, 7) is 0. The van der Waals surface area contributed by atoms with Crippen LogP contribution in [0.2, 0.25) is 0 Å². The maximum atomic E-state index is 10.4. The van der Waals surface area contributed by atoms with Gasteiger partial charge in [-0.3, -0.25) is 0 Å². The van der Waals surface area contributed by atoms with Crippen molar-refractivity contribution in [3.8, 4) is 5.75 Å². The molecule has 15 heavy (non-hydrogen) atoms. The number of benzene rings is 1. The molecule has 1 aliphatic heterocycles. The van der Waals surface area contributed by atoms with Crippen molar-refractivity contribution in [1.29, 1.82) is 0 Å². The number of aliphatic carboxylic acids is 1. The van der Waals surface area contributed by atoms with Crippen molar-refractivity contribution in [2.75, 3.05) is 7.11 Å². The molecule has 2 rings (SSSR count). The van der Waals surface area contributed by atoms with Gasteiger partial charge in [0.25, 0.3) is 0 Å². The van der Waals surface area contributed by atoms with E-state index in [-0.39, 0.29) is 35.7 Å².